The lowest BCUT2D eigenvalue weighted by Gasteiger charge is -2.12. The van der Waals surface area contributed by atoms with E-state index in [1.165, 1.54) is 18.2 Å². The van der Waals surface area contributed by atoms with Gasteiger partial charge in [-0.1, -0.05) is 11.6 Å². The zero-order valence-corrected chi connectivity index (χ0v) is 9.22. The van der Waals surface area contributed by atoms with Crippen LogP contribution in [0.3, 0.4) is 0 Å². The van der Waals surface area contributed by atoms with Crippen molar-refractivity contribution < 1.29 is 9.72 Å². The van der Waals surface area contributed by atoms with E-state index in [0.717, 1.165) is 5.01 Å². The third-order valence-corrected chi connectivity index (χ3v) is 2.49. The van der Waals surface area contributed by atoms with Crippen LogP contribution >= 0.6 is 11.6 Å². The topological polar surface area (TPSA) is 102 Å². The maximum absolute atomic E-state index is 11.5. The molecule has 0 radical (unpaired) electrons. The Morgan fingerprint density at radius 2 is 2.24 bits per heavy atom. The second kappa shape index (κ2) is 4.02. The molecule has 1 aromatic rings. The summed E-state index contributed by atoms with van der Waals surface area (Å²) in [6.45, 7) is 0. The number of benzene rings is 1. The molecule has 0 unspecified atom stereocenters. The number of hydrogen-bond donors (Lipinski definition) is 1. The van der Waals surface area contributed by atoms with Crippen LogP contribution in [0.4, 0.5) is 11.4 Å². The maximum atomic E-state index is 11.5. The summed E-state index contributed by atoms with van der Waals surface area (Å²) in [5.41, 5.74) is 5.40. The maximum Gasteiger partial charge on any atom is 0.271 e. The van der Waals surface area contributed by atoms with Crippen LogP contribution in [-0.4, -0.2) is 16.7 Å². The lowest BCUT2D eigenvalue weighted by atomic mass is 10.2. The monoisotopic (exact) mass is 254 g/mol. The van der Waals surface area contributed by atoms with Crippen LogP contribution in [0.2, 0.25) is 5.02 Å². The Morgan fingerprint density at radius 1 is 1.53 bits per heavy atom. The third-order valence-electron chi connectivity index (χ3n) is 2.17. The number of non-ortho nitro benzene ring substituents is 1. The molecule has 1 heterocycles. The van der Waals surface area contributed by atoms with Crippen molar-refractivity contribution in [2.45, 2.75) is 6.42 Å². The van der Waals surface area contributed by atoms with Crippen LogP contribution in [-0.2, 0) is 4.79 Å². The van der Waals surface area contributed by atoms with E-state index >= 15 is 0 Å². The second-order valence-electron chi connectivity index (χ2n) is 3.37. The fourth-order valence-electron chi connectivity index (χ4n) is 1.41. The molecule has 1 aliphatic heterocycles. The van der Waals surface area contributed by atoms with Crippen molar-refractivity contribution in [1.29, 1.82) is 0 Å². The molecule has 1 amide bonds. The van der Waals surface area contributed by atoms with Crippen LogP contribution in [0, 0.1) is 10.1 Å². The van der Waals surface area contributed by atoms with E-state index in [9.17, 15) is 14.9 Å². The van der Waals surface area contributed by atoms with Gasteiger partial charge in [-0.05, 0) is 6.07 Å². The highest BCUT2D eigenvalue weighted by Gasteiger charge is 2.26. The predicted octanol–water partition coefficient (Wildman–Crippen LogP) is 1.26. The van der Waals surface area contributed by atoms with Crippen molar-refractivity contribution in [2.24, 2.45) is 10.8 Å². The van der Waals surface area contributed by atoms with Crippen molar-refractivity contribution in [2.75, 3.05) is 5.01 Å². The van der Waals surface area contributed by atoms with Gasteiger partial charge in [-0.3, -0.25) is 14.9 Å². The largest absolute Gasteiger partial charge is 0.385 e. The zero-order valence-electron chi connectivity index (χ0n) is 8.46. The number of nitrogens with zero attached hydrogens (tertiary/aromatic N) is 3. The van der Waals surface area contributed by atoms with Gasteiger partial charge < -0.3 is 5.73 Å². The molecule has 0 bridgehead atoms. The van der Waals surface area contributed by atoms with Gasteiger partial charge in [0.1, 0.15) is 5.84 Å². The number of carbonyl (C=O) groups excluding carboxylic acids is 1. The Bertz CT molecular complexity index is 543. The number of amides is 1. The number of hydrogen-bond acceptors (Lipinski definition) is 5. The lowest BCUT2D eigenvalue weighted by molar-refractivity contribution is -0.384. The van der Waals surface area contributed by atoms with Crippen LogP contribution in [0.1, 0.15) is 6.42 Å². The normalized spacial score (nSPS) is 15.0. The Morgan fingerprint density at radius 3 is 2.76 bits per heavy atom. The Hall–Kier alpha value is -2.15. The molecular formula is C9H7ClN4O3. The standard InChI is InChI=1S/C9H7ClN4O3/c10-6-2-1-5(14(16)17)3-7(6)13-9(15)4-8(11)12-13/h1-3H,4H2,(H2,11,12). The number of nitrogens with two attached hydrogens (primary N) is 1. The van der Waals surface area contributed by atoms with Gasteiger partial charge in [0.2, 0.25) is 0 Å². The van der Waals surface area contributed by atoms with Crippen molar-refractivity contribution in [3.05, 3.63) is 33.3 Å². The summed E-state index contributed by atoms with van der Waals surface area (Å²) in [7, 11) is 0. The molecule has 0 saturated heterocycles. The van der Waals surface area contributed by atoms with Crippen LogP contribution < -0.4 is 10.7 Å². The van der Waals surface area contributed by atoms with E-state index in [0.29, 0.717) is 0 Å². The molecule has 7 nitrogen and oxygen atoms in total. The smallest absolute Gasteiger partial charge is 0.271 e. The van der Waals surface area contributed by atoms with E-state index in [4.69, 9.17) is 17.3 Å². The number of hydrazone groups is 1. The quantitative estimate of drug-likeness (QED) is 0.634. The summed E-state index contributed by atoms with van der Waals surface area (Å²) in [4.78, 5) is 21.6. The third kappa shape index (κ3) is 2.04. The molecular weight excluding hydrogens is 248 g/mol. The lowest BCUT2D eigenvalue weighted by Crippen LogP contribution is -2.20. The molecule has 0 saturated carbocycles. The van der Waals surface area contributed by atoms with Gasteiger partial charge >= 0.3 is 0 Å². The fraction of sp³-hybridized carbons (Fsp3) is 0.111. The molecule has 1 aromatic carbocycles. The van der Waals surface area contributed by atoms with Gasteiger partial charge in [-0.15, -0.1) is 0 Å². The molecule has 2 N–H and O–H groups in total. The Kier molecular flexibility index (Phi) is 2.68. The number of nitro benzene ring substituents is 1. The van der Waals surface area contributed by atoms with Crippen molar-refractivity contribution in [3.63, 3.8) is 0 Å². The molecule has 2 rings (SSSR count). The average Bonchev–Trinajstić information content (AvgIpc) is 2.58. The number of carbonyl (C=O) groups is 1. The zero-order chi connectivity index (χ0) is 12.6. The summed E-state index contributed by atoms with van der Waals surface area (Å²) >= 11 is 5.87. The highest BCUT2D eigenvalue weighted by molar-refractivity contribution is 6.34. The molecule has 0 aromatic heterocycles. The molecule has 8 heteroatoms. The summed E-state index contributed by atoms with van der Waals surface area (Å²) in [6, 6.07) is 3.77. The van der Waals surface area contributed by atoms with E-state index in [-0.39, 0.29) is 34.6 Å². The highest BCUT2D eigenvalue weighted by atomic mass is 35.5. The van der Waals surface area contributed by atoms with Gasteiger partial charge in [-0.2, -0.15) is 10.1 Å². The van der Waals surface area contributed by atoms with Crippen LogP contribution in [0.25, 0.3) is 0 Å². The van der Waals surface area contributed by atoms with Gasteiger partial charge in [0.15, 0.2) is 0 Å². The first kappa shape index (κ1) is 11.3. The molecule has 17 heavy (non-hydrogen) atoms. The first-order valence-electron chi connectivity index (χ1n) is 4.59. The van der Waals surface area contributed by atoms with Crippen LogP contribution in [0.15, 0.2) is 23.3 Å². The molecule has 88 valence electrons. The van der Waals surface area contributed by atoms with Gasteiger partial charge in [0.25, 0.3) is 11.6 Å². The van der Waals surface area contributed by atoms with E-state index in [1.807, 2.05) is 0 Å². The number of rotatable bonds is 2. The predicted molar refractivity (Wildman–Crippen MR) is 61.8 cm³/mol. The van der Waals surface area contributed by atoms with Crippen molar-refractivity contribution >= 4 is 34.7 Å². The minimum Gasteiger partial charge on any atom is -0.385 e. The summed E-state index contributed by atoms with van der Waals surface area (Å²) in [6.07, 6.45) is -0.0149. The van der Waals surface area contributed by atoms with E-state index in [1.54, 1.807) is 0 Å². The van der Waals surface area contributed by atoms with Gasteiger partial charge in [0.05, 0.1) is 22.1 Å². The fourth-order valence-corrected chi connectivity index (χ4v) is 1.61. The second-order valence-corrected chi connectivity index (χ2v) is 3.77. The summed E-state index contributed by atoms with van der Waals surface area (Å²) < 4.78 is 0. The van der Waals surface area contributed by atoms with Gasteiger partial charge in [-0.25, -0.2) is 0 Å². The SMILES string of the molecule is NC1=NN(c2cc([N+](=O)[O-])ccc2Cl)C(=O)C1. The van der Waals surface area contributed by atoms with E-state index < -0.39 is 4.92 Å². The molecule has 0 aliphatic carbocycles. The number of amidine groups is 1. The van der Waals surface area contributed by atoms with Crippen molar-refractivity contribution in [1.82, 2.24) is 0 Å². The first-order valence-corrected chi connectivity index (χ1v) is 4.96. The van der Waals surface area contributed by atoms with Gasteiger partial charge in [0, 0.05) is 12.1 Å². The Balaban J connectivity index is 2.48. The molecule has 0 atom stereocenters. The van der Waals surface area contributed by atoms with E-state index in [2.05, 4.69) is 5.10 Å². The first-order chi connectivity index (χ1) is 7.99. The highest BCUT2D eigenvalue weighted by Crippen LogP contribution is 2.32. The number of nitro groups is 1. The minimum absolute atomic E-state index is 0.0149. The molecule has 0 spiro atoms. The van der Waals surface area contributed by atoms with Crippen molar-refractivity contribution in [3.8, 4) is 0 Å². The number of halogens is 1. The summed E-state index contributed by atoms with van der Waals surface area (Å²) in [5.74, 6) is -0.220. The molecule has 1 aliphatic rings. The van der Waals surface area contributed by atoms with Crippen LogP contribution in [0.5, 0.6) is 0 Å². The summed E-state index contributed by atoms with van der Waals surface area (Å²) in [5, 5.41) is 15.6. The number of anilines is 1. The average molecular weight is 255 g/mol. The molecule has 0 fully saturated rings. The minimum atomic E-state index is -0.576. The Labute approximate surface area is 101 Å².